The molecule has 2 aliphatic heterocycles. The van der Waals surface area contributed by atoms with Crippen LogP contribution in [-0.2, 0) is 0 Å². The Morgan fingerprint density at radius 2 is 2.32 bits per heavy atom. The van der Waals surface area contributed by atoms with Gasteiger partial charge in [0.2, 0.25) is 0 Å². The molecule has 2 unspecified atom stereocenters. The Morgan fingerprint density at radius 1 is 1.47 bits per heavy atom. The van der Waals surface area contributed by atoms with Gasteiger partial charge >= 0.3 is 0 Å². The Bertz CT molecular complexity index is 476. The molecule has 0 bridgehead atoms. The third-order valence-corrected chi connectivity index (χ3v) is 5.74. The molecule has 0 amide bonds. The Balaban J connectivity index is 1.97. The second-order valence-corrected chi connectivity index (χ2v) is 6.86. The average molecular weight is 280 g/mol. The average Bonchev–Trinajstić information content (AvgIpc) is 2.41. The van der Waals surface area contributed by atoms with Crippen molar-refractivity contribution in [2.75, 3.05) is 12.9 Å². The van der Waals surface area contributed by atoms with Crippen LogP contribution in [0.2, 0.25) is 0 Å². The first-order valence-corrected chi connectivity index (χ1v) is 7.86. The maximum absolute atomic E-state index is 10.4. The zero-order valence-corrected chi connectivity index (χ0v) is 12.2. The van der Waals surface area contributed by atoms with Crippen LogP contribution in [0.25, 0.3) is 0 Å². The molecule has 0 aliphatic carbocycles. The Hall–Kier alpha value is -0.870. The molecule has 1 aromatic carbocycles. The SMILES string of the molecule is COc1ccc2c(c1)OC1(CCCSC1C)C[C@@H]2O. The van der Waals surface area contributed by atoms with Crippen molar-refractivity contribution in [3.63, 3.8) is 0 Å². The van der Waals surface area contributed by atoms with Gasteiger partial charge in [-0.15, -0.1) is 0 Å². The lowest BCUT2D eigenvalue weighted by atomic mass is 9.83. The van der Waals surface area contributed by atoms with E-state index in [-0.39, 0.29) is 5.60 Å². The van der Waals surface area contributed by atoms with E-state index in [2.05, 4.69) is 6.92 Å². The highest BCUT2D eigenvalue weighted by Crippen LogP contribution is 2.48. The van der Waals surface area contributed by atoms with Crippen LogP contribution in [0.4, 0.5) is 0 Å². The van der Waals surface area contributed by atoms with E-state index in [4.69, 9.17) is 9.47 Å². The first-order valence-electron chi connectivity index (χ1n) is 6.81. The van der Waals surface area contributed by atoms with Gasteiger partial charge in [0.25, 0.3) is 0 Å². The van der Waals surface area contributed by atoms with E-state index in [1.807, 2.05) is 30.0 Å². The molecular formula is C15H20O3S. The van der Waals surface area contributed by atoms with Gasteiger partial charge in [0.1, 0.15) is 17.1 Å². The summed E-state index contributed by atoms with van der Waals surface area (Å²) in [4.78, 5) is 0. The van der Waals surface area contributed by atoms with Crippen LogP contribution in [0, 0.1) is 0 Å². The van der Waals surface area contributed by atoms with Gasteiger partial charge < -0.3 is 14.6 Å². The van der Waals surface area contributed by atoms with Gasteiger partial charge in [-0.25, -0.2) is 0 Å². The van der Waals surface area contributed by atoms with Crippen molar-refractivity contribution in [1.82, 2.24) is 0 Å². The maximum Gasteiger partial charge on any atom is 0.129 e. The lowest BCUT2D eigenvalue weighted by Gasteiger charge is -2.46. The smallest absolute Gasteiger partial charge is 0.129 e. The summed E-state index contributed by atoms with van der Waals surface area (Å²) in [5.41, 5.74) is 0.663. The van der Waals surface area contributed by atoms with Gasteiger partial charge in [0, 0.05) is 23.3 Å². The molecule has 1 fully saturated rings. The number of hydrogen-bond acceptors (Lipinski definition) is 4. The van der Waals surface area contributed by atoms with Crippen molar-refractivity contribution >= 4 is 11.8 Å². The fourth-order valence-corrected chi connectivity index (χ4v) is 4.32. The summed E-state index contributed by atoms with van der Waals surface area (Å²) in [7, 11) is 1.65. The number of aliphatic hydroxyl groups is 1. The van der Waals surface area contributed by atoms with Crippen LogP contribution in [0.15, 0.2) is 18.2 Å². The van der Waals surface area contributed by atoms with Crippen molar-refractivity contribution in [1.29, 1.82) is 0 Å². The molecule has 2 heterocycles. The molecule has 2 aliphatic rings. The molecule has 0 saturated carbocycles. The lowest BCUT2D eigenvalue weighted by Crippen LogP contribution is -2.50. The quantitative estimate of drug-likeness (QED) is 0.857. The van der Waals surface area contributed by atoms with E-state index >= 15 is 0 Å². The predicted octanol–water partition coefficient (Wildman–Crippen LogP) is 3.17. The molecule has 19 heavy (non-hydrogen) atoms. The van der Waals surface area contributed by atoms with E-state index in [0.29, 0.717) is 11.7 Å². The first kappa shape index (κ1) is 13.1. The highest BCUT2D eigenvalue weighted by atomic mass is 32.2. The number of fused-ring (bicyclic) bond motifs is 1. The van der Waals surface area contributed by atoms with E-state index in [9.17, 15) is 5.11 Å². The molecule has 3 nitrogen and oxygen atoms in total. The number of thioether (sulfide) groups is 1. The molecule has 1 aromatic rings. The van der Waals surface area contributed by atoms with Gasteiger partial charge in [-0.1, -0.05) is 0 Å². The van der Waals surface area contributed by atoms with Gasteiger partial charge in [-0.2, -0.15) is 11.8 Å². The summed E-state index contributed by atoms with van der Waals surface area (Å²) in [6.45, 7) is 2.21. The normalized spacial score (nSPS) is 33.6. The summed E-state index contributed by atoms with van der Waals surface area (Å²) in [5.74, 6) is 2.75. The highest BCUT2D eigenvalue weighted by Gasteiger charge is 2.46. The van der Waals surface area contributed by atoms with Gasteiger partial charge in [-0.05, 0) is 37.7 Å². The summed E-state index contributed by atoms with van der Waals surface area (Å²) < 4.78 is 11.6. The van der Waals surface area contributed by atoms with E-state index in [1.165, 1.54) is 5.75 Å². The van der Waals surface area contributed by atoms with Crippen LogP contribution in [0.3, 0.4) is 0 Å². The summed E-state index contributed by atoms with van der Waals surface area (Å²) in [5, 5.41) is 10.8. The zero-order valence-electron chi connectivity index (χ0n) is 11.4. The molecule has 1 spiro atoms. The first-order chi connectivity index (χ1) is 9.14. The third-order valence-electron chi connectivity index (χ3n) is 4.28. The van der Waals surface area contributed by atoms with Crippen LogP contribution in [0.1, 0.15) is 37.9 Å². The number of methoxy groups -OCH3 is 1. The molecule has 104 valence electrons. The van der Waals surface area contributed by atoms with Gasteiger partial charge in [0.15, 0.2) is 0 Å². The summed E-state index contributed by atoms with van der Waals surface area (Å²) in [6.07, 6.45) is 2.44. The zero-order chi connectivity index (χ0) is 13.5. The van der Waals surface area contributed by atoms with Crippen molar-refractivity contribution in [3.8, 4) is 11.5 Å². The fourth-order valence-electron chi connectivity index (χ4n) is 3.09. The largest absolute Gasteiger partial charge is 0.497 e. The lowest BCUT2D eigenvalue weighted by molar-refractivity contribution is -0.0213. The van der Waals surface area contributed by atoms with E-state index < -0.39 is 6.10 Å². The standard InChI is InChI=1S/C15H20O3S/c1-10-15(6-3-7-19-10)9-13(16)12-5-4-11(17-2)8-14(12)18-15/h4-5,8,10,13,16H,3,6-7,9H2,1-2H3/t10?,13-,15?/m0/s1. The minimum Gasteiger partial charge on any atom is -0.497 e. The predicted molar refractivity (Wildman–Crippen MR) is 77.1 cm³/mol. The molecule has 4 heteroatoms. The van der Waals surface area contributed by atoms with E-state index in [0.717, 1.165) is 29.9 Å². The molecule has 3 rings (SSSR count). The molecular weight excluding hydrogens is 260 g/mol. The Kier molecular flexibility index (Phi) is 3.39. The van der Waals surface area contributed by atoms with Crippen LogP contribution in [-0.4, -0.2) is 28.8 Å². The second kappa shape index (κ2) is 4.91. The fraction of sp³-hybridized carbons (Fsp3) is 0.600. The number of hydrogen-bond donors (Lipinski definition) is 1. The van der Waals surface area contributed by atoms with Crippen molar-refractivity contribution < 1.29 is 14.6 Å². The molecule has 3 atom stereocenters. The van der Waals surface area contributed by atoms with Crippen molar-refractivity contribution in [2.24, 2.45) is 0 Å². The van der Waals surface area contributed by atoms with E-state index in [1.54, 1.807) is 7.11 Å². The number of ether oxygens (including phenoxy) is 2. The minimum atomic E-state index is -0.434. The second-order valence-electron chi connectivity index (χ2n) is 5.41. The monoisotopic (exact) mass is 280 g/mol. The van der Waals surface area contributed by atoms with Gasteiger partial charge in [-0.3, -0.25) is 0 Å². The Morgan fingerprint density at radius 3 is 3.05 bits per heavy atom. The number of aliphatic hydroxyl groups excluding tert-OH is 1. The number of rotatable bonds is 1. The molecule has 0 aromatic heterocycles. The summed E-state index contributed by atoms with van der Waals surface area (Å²) in [6, 6.07) is 5.68. The molecule has 0 radical (unpaired) electrons. The maximum atomic E-state index is 10.4. The molecule has 1 N–H and O–H groups in total. The van der Waals surface area contributed by atoms with Crippen LogP contribution in [0.5, 0.6) is 11.5 Å². The Labute approximate surface area is 118 Å². The number of benzene rings is 1. The third kappa shape index (κ3) is 2.21. The van der Waals surface area contributed by atoms with Crippen LogP contribution >= 0.6 is 11.8 Å². The van der Waals surface area contributed by atoms with Crippen molar-refractivity contribution in [3.05, 3.63) is 23.8 Å². The van der Waals surface area contributed by atoms with Gasteiger partial charge in [0.05, 0.1) is 13.2 Å². The minimum absolute atomic E-state index is 0.221. The van der Waals surface area contributed by atoms with Crippen LogP contribution < -0.4 is 9.47 Å². The van der Waals surface area contributed by atoms with Crippen molar-refractivity contribution in [2.45, 2.75) is 43.1 Å². The molecule has 1 saturated heterocycles. The topological polar surface area (TPSA) is 38.7 Å². The summed E-state index contributed by atoms with van der Waals surface area (Å²) >= 11 is 1.94. The highest BCUT2D eigenvalue weighted by molar-refractivity contribution is 8.00.